The van der Waals surface area contributed by atoms with Crippen LogP contribution in [0.4, 0.5) is 0 Å². The highest BCUT2D eigenvalue weighted by molar-refractivity contribution is 5.78. The molecule has 0 spiro atoms. The van der Waals surface area contributed by atoms with E-state index in [9.17, 15) is 9.59 Å². The Bertz CT molecular complexity index is 785. The Labute approximate surface area is 140 Å². The van der Waals surface area contributed by atoms with Crippen LogP contribution in [0.3, 0.4) is 0 Å². The standard InChI is InChI=1S/C16H24N6O2/c1-10(2)15(23)18-11-4-6-22(7-5-11)9-13-19-14-12(16(24)20-13)8-17-21(14)3/h8,10-11H,4-7,9H2,1-3H3,(H,18,23)(H,19,20,24). The summed E-state index contributed by atoms with van der Waals surface area (Å²) in [6.07, 6.45) is 3.36. The van der Waals surface area contributed by atoms with Crippen molar-refractivity contribution >= 4 is 16.9 Å². The van der Waals surface area contributed by atoms with E-state index in [1.165, 1.54) is 6.20 Å². The van der Waals surface area contributed by atoms with Crippen molar-refractivity contribution in [3.63, 3.8) is 0 Å². The van der Waals surface area contributed by atoms with Gasteiger partial charge in [0.25, 0.3) is 5.56 Å². The minimum absolute atomic E-state index is 0.0166. The Kier molecular flexibility index (Phi) is 4.66. The van der Waals surface area contributed by atoms with Crippen molar-refractivity contribution in [1.29, 1.82) is 0 Å². The van der Waals surface area contributed by atoms with Crippen molar-refractivity contribution in [2.45, 2.75) is 39.3 Å². The molecule has 24 heavy (non-hydrogen) atoms. The lowest BCUT2D eigenvalue weighted by atomic mass is 10.0. The molecule has 2 N–H and O–H groups in total. The first-order valence-corrected chi connectivity index (χ1v) is 8.37. The second-order valence-corrected chi connectivity index (χ2v) is 6.73. The molecule has 1 aliphatic rings. The van der Waals surface area contributed by atoms with Crippen LogP contribution in [0.15, 0.2) is 11.0 Å². The average molecular weight is 332 g/mol. The molecule has 2 aromatic rings. The van der Waals surface area contributed by atoms with E-state index in [0.29, 0.717) is 23.4 Å². The van der Waals surface area contributed by atoms with E-state index in [4.69, 9.17) is 0 Å². The van der Waals surface area contributed by atoms with Gasteiger partial charge in [-0.3, -0.25) is 19.2 Å². The highest BCUT2D eigenvalue weighted by Crippen LogP contribution is 2.13. The SMILES string of the molecule is CC(C)C(=O)NC1CCN(Cc2nc3c(cnn3C)c(=O)[nH]2)CC1. The average Bonchev–Trinajstić information content (AvgIpc) is 2.91. The predicted molar refractivity (Wildman–Crippen MR) is 90.4 cm³/mol. The lowest BCUT2D eigenvalue weighted by Gasteiger charge is -2.32. The molecule has 2 aromatic heterocycles. The number of rotatable bonds is 4. The fourth-order valence-corrected chi connectivity index (χ4v) is 2.97. The third-order valence-corrected chi connectivity index (χ3v) is 4.48. The number of nitrogens with one attached hydrogen (secondary N) is 2. The summed E-state index contributed by atoms with van der Waals surface area (Å²) in [6, 6.07) is 0.239. The first-order chi connectivity index (χ1) is 11.4. The van der Waals surface area contributed by atoms with E-state index >= 15 is 0 Å². The van der Waals surface area contributed by atoms with E-state index in [0.717, 1.165) is 25.9 Å². The van der Waals surface area contributed by atoms with Crippen molar-refractivity contribution in [2.75, 3.05) is 13.1 Å². The van der Waals surface area contributed by atoms with Gasteiger partial charge in [-0.1, -0.05) is 13.8 Å². The van der Waals surface area contributed by atoms with Gasteiger partial charge >= 0.3 is 0 Å². The number of piperidine rings is 1. The Hall–Kier alpha value is -2.22. The quantitative estimate of drug-likeness (QED) is 0.844. The fourth-order valence-electron chi connectivity index (χ4n) is 2.97. The maximum atomic E-state index is 12.1. The predicted octanol–water partition coefficient (Wildman–Crippen LogP) is 0.393. The zero-order valence-electron chi connectivity index (χ0n) is 14.4. The second-order valence-electron chi connectivity index (χ2n) is 6.73. The number of nitrogens with zero attached hydrogens (tertiary/aromatic N) is 4. The van der Waals surface area contributed by atoms with Crippen LogP contribution >= 0.6 is 0 Å². The smallest absolute Gasteiger partial charge is 0.262 e. The molecular weight excluding hydrogens is 308 g/mol. The minimum atomic E-state index is -0.151. The third kappa shape index (κ3) is 3.48. The molecule has 1 fully saturated rings. The van der Waals surface area contributed by atoms with Crippen LogP contribution in [0.1, 0.15) is 32.5 Å². The van der Waals surface area contributed by atoms with Crippen LogP contribution in [0.2, 0.25) is 0 Å². The number of fused-ring (bicyclic) bond motifs is 1. The molecule has 8 heteroatoms. The van der Waals surface area contributed by atoms with E-state index in [2.05, 4.69) is 25.3 Å². The van der Waals surface area contributed by atoms with Crippen molar-refractivity contribution in [2.24, 2.45) is 13.0 Å². The highest BCUT2D eigenvalue weighted by Gasteiger charge is 2.22. The van der Waals surface area contributed by atoms with Gasteiger partial charge in [-0.2, -0.15) is 5.10 Å². The first-order valence-electron chi connectivity index (χ1n) is 8.37. The monoisotopic (exact) mass is 332 g/mol. The summed E-state index contributed by atoms with van der Waals surface area (Å²) in [5.74, 6) is 0.782. The summed E-state index contributed by atoms with van der Waals surface area (Å²) < 4.78 is 1.61. The third-order valence-electron chi connectivity index (χ3n) is 4.48. The number of aromatic amines is 1. The summed E-state index contributed by atoms with van der Waals surface area (Å²) in [4.78, 5) is 33.4. The molecule has 0 aliphatic carbocycles. The van der Waals surface area contributed by atoms with Crippen molar-refractivity contribution in [3.05, 3.63) is 22.4 Å². The molecule has 1 amide bonds. The Morgan fingerprint density at radius 1 is 1.42 bits per heavy atom. The number of likely N-dealkylation sites (tertiary alicyclic amines) is 1. The van der Waals surface area contributed by atoms with Crippen LogP contribution in [0.5, 0.6) is 0 Å². The van der Waals surface area contributed by atoms with Crippen LogP contribution < -0.4 is 10.9 Å². The van der Waals surface area contributed by atoms with Crippen molar-refractivity contribution in [1.82, 2.24) is 30.0 Å². The maximum Gasteiger partial charge on any atom is 0.262 e. The number of carbonyl (C=O) groups excluding carboxylic acids is 1. The van der Waals surface area contributed by atoms with Gasteiger partial charge in [0.05, 0.1) is 12.7 Å². The molecule has 3 heterocycles. The molecule has 0 aromatic carbocycles. The zero-order valence-corrected chi connectivity index (χ0v) is 14.4. The molecule has 0 radical (unpaired) electrons. The molecule has 130 valence electrons. The van der Waals surface area contributed by atoms with E-state index < -0.39 is 0 Å². The number of aromatic nitrogens is 4. The molecule has 1 aliphatic heterocycles. The molecule has 8 nitrogen and oxygen atoms in total. The van der Waals surface area contributed by atoms with Crippen molar-refractivity contribution in [3.8, 4) is 0 Å². The Balaban J connectivity index is 1.61. The molecule has 0 atom stereocenters. The van der Waals surface area contributed by atoms with Gasteiger partial charge in [0.15, 0.2) is 5.65 Å². The number of H-pyrrole nitrogens is 1. The summed E-state index contributed by atoms with van der Waals surface area (Å²) in [7, 11) is 1.78. The van der Waals surface area contributed by atoms with Gasteiger partial charge in [-0.15, -0.1) is 0 Å². The first kappa shape index (κ1) is 16.6. The Morgan fingerprint density at radius 3 is 2.79 bits per heavy atom. The molecule has 3 rings (SSSR count). The van der Waals surface area contributed by atoms with Crippen LogP contribution in [0.25, 0.3) is 11.0 Å². The largest absolute Gasteiger partial charge is 0.353 e. The molecule has 0 bridgehead atoms. The molecule has 1 saturated heterocycles. The number of amides is 1. The van der Waals surface area contributed by atoms with Crippen LogP contribution in [0, 0.1) is 5.92 Å². The van der Waals surface area contributed by atoms with Gasteiger partial charge < -0.3 is 10.3 Å². The fraction of sp³-hybridized carbons (Fsp3) is 0.625. The van der Waals surface area contributed by atoms with Gasteiger partial charge in [0.2, 0.25) is 5.91 Å². The van der Waals surface area contributed by atoms with Gasteiger partial charge in [0, 0.05) is 32.1 Å². The summed E-state index contributed by atoms with van der Waals surface area (Å²) in [5, 5.41) is 7.68. The van der Waals surface area contributed by atoms with Gasteiger partial charge in [-0.25, -0.2) is 4.98 Å². The van der Waals surface area contributed by atoms with Gasteiger partial charge in [0.1, 0.15) is 11.2 Å². The van der Waals surface area contributed by atoms with E-state index in [1.807, 2.05) is 13.8 Å². The normalized spacial score (nSPS) is 16.8. The minimum Gasteiger partial charge on any atom is -0.353 e. The lowest BCUT2D eigenvalue weighted by molar-refractivity contribution is -0.125. The van der Waals surface area contributed by atoms with Crippen molar-refractivity contribution < 1.29 is 4.79 Å². The number of hydrogen-bond donors (Lipinski definition) is 2. The van der Waals surface area contributed by atoms with Crippen LogP contribution in [-0.4, -0.2) is 49.7 Å². The maximum absolute atomic E-state index is 12.1. The van der Waals surface area contributed by atoms with E-state index in [1.54, 1.807) is 11.7 Å². The highest BCUT2D eigenvalue weighted by atomic mass is 16.2. The Morgan fingerprint density at radius 2 is 2.12 bits per heavy atom. The summed E-state index contributed by atoms with van der Waals surface area (Å²) in [5.41, 5.74) is 0.454. The molecular formula is C16H24N6O2. The number of carbonyl (C=O) groups is 1. The number of hydrogen-bond acceptors (Lipinski definition) is 5. The summed E-state index contributed by atoms with van der Waals surface area (Å²) in [6.45, 7) is 6.15. The zero-order chi connectivity index (χ0) is 17.3. The van der Waals surface area contributed by atoms with E-state index in [-0.39, 0.29) is 23.4 Å². The lowest BCUT2D eigenvalue weighted by Crippen LogP contribution is -2.45. The van der Waals surface area contributed by atoms with Crippen LogP contribution in [-0.2, 0) is 18.4 Å². The topological polar surface area (TPSA) is 95.9 Å². The summed E-state index contributed by atoms with van der Waals surface area (Å²) >= 11 is 0. The van der Waals surface area contributed by atoms with Gasteiger partial charge in [-0.05, 0) is 12.8 Å². The number of aryl methyl sites for hydroxylation is 1. The molecule has 0 unspecified atom stereocenters. The second kappa shape index (κ2) is 6.72. The molecule has 0 saturated carbocycles.